The van der Waals surface area contributed by atoms with E-state index in [0.29, 0.717) is 21.6 Å². The van der Waals surface area contributed by atoms with Crippen LogP contribution in [0.1, 0.15) is 10.4 Å². The first-order valence-corrected chi connectivity index (χ1v) is 6.51. The Kier molecular flexibility index (Phi) is 4.24. The van der Waals surface area contributed by atoms with Gasteiger partial charge in [0.25, 0.3) is 5.91 Å². The Hall–Kier alpha value is -2.08. The molecule has 4 nitrogen and oxygen atoms in total. The number of nitrogens with one attached hydrogen (secondary N) is 1. The molecule has 0 unspecified atom stereocenters. The predicted octanol–water partition coefficient (Wildman–Crippen LogP) is 3.43. The van der Waals surface area contributed by atoms with Crippen molar-refractivity contribution in [2.45, 2.75) is 0 Å². The number of nitrogen functional groups attached to an aromatic ring is 1. The van der Waals surface area contributed by atoms with Crippen molar-refractivity contribution < 1.29 is 13.9 Å². The lowest BCUT2D eigenvalue weighted by Gasteiger charge is -2.11. The molecule has 0 radical (unpaired) electrons. The lowest BCUT2D eigenvalue weighted by atomic mass is 10.1. The van der Waals surface area contributed by atoms with Gasteiger partial charge in [-0.3, -0.25) is 4.79 Å². The van der Waals surface area contributed by atoms with Crippen LogP contribution in [-0.2, 0) is 0 Å². The Bertz CT molecular complexity index is 662. The molecule has 0 aliphatic rings. The molecule has 0 spiro atoms. The zero-order valence-corrected chi connectivity index (χ0v) is 12.2. The SMILES string of the molecule is COc1c(N)cccc1C(=O)Nc1ccc(Br)c(F)c1. The highest BCUT2D eigenvalue weighted by atomic mass is 79.9. The number of anilines is 2. The largest absolute Gasteiger partial charge is 0.494 e. The van der Waals surface area contributed by atoms with Crippen LogP contribution < -0.4 is 15.8 Å². The standard InChI is InChI=1S/C14H12BrFN2O2/c1-20-13-9(3-2-4-12(13)17)14(19)18-8-5-6-10(15)11(16)7-8/h2-7H,17H2,1H3,(H,18,19). The molecule has 0 saturated carbocycles. The topological polar surface area (TPSA) is 64.3 Å². The van der Waals surface area contributed by atoms with E-state index in [4.69, 9.17) is 10.5 Å². The smallest absolute Gasteiger partial charge is 0.259 e. The monoisotopic (exact) mass is 338 g/mol. The molecule has 1 amide bonds. The second-order valence-electron chi connectivity index (χ2n) is 4.01. The third kappa shape index (κ3) is 2.91. The van der Waals surface area contributed by atoms with Crippen LogP contribution in [0, 0.1) is 5.82 Å². The number of methoxy groups -OCH3 is 1. The van der Waals surface area contributed by atoms with Gasteiger partial charge in [-0.05, 0) is 46.3 Å². The van der Waals surface area contributed by atoms with E-state index in [0.717, 1.165) is 0 Å². The predicted molar refractivity (Wildman–Crippen MR) is 79.5 cm³/mol. The summed E-state index contributed by atoms with van der Waals surface area (Å²) < 4.78 is 18.8. The van der Waals surface area contributed by atoms with Gasteiger partial charge in [-0.25, -0.2) is 4.39 Å². The lowest BCUT2D eigenvalue weighted by molar-refractivity contribution is 0.102. The molecule has 0 heterocycles. The molecule has 0 bridgehead atoms. The van der Waals surface area contributed by atoms with Gasteiger partial charge in [0.2, 0.25) is 0 Å². The Labute approximate surface area is 123 Å². The highest BCUT2D eigenvalue weighted by Gasteiger charge is 2.15. The number of carbonyl (C=O) groups excluding carboxylic acids is 1. The van der Waals surface area contributed by atoms with Crippen LogP contribution in [0.3, 0.4) is 0 Å². The van der Waals surface area contributed by atoms with Crippen molar-refractivity contribution in [1.82, 2.24) is 0 Å². The number of rotatable bonds is 3. The minimum absolute atomic E-state index is 0.288. The molecule has 2 rings (SSSR count). The minimum Gasteiger partial charge on any atom is -0.494 e. The zero-order valence-electron chi connectivity index (χ0n) is 10.6. The average molecular weight is 339 g/mol. The van der Waals surface area contributed by atoms with E-state index in [1.54, 1.807) is 24.3 Å². The number of carbonyl (C=O) groups is 1. The summed E-state index contributed by atoms with van der Waals surface area (Å²) >= 11 is 3.05. The van der Waals surface area contributed by atoms with Crippen LogP contribution in [0.15, 0.2) is 40.9 Å². The van der Waals surface area contributed by atoms with Crippen LogP contribution in [-0.4, -0.2) is 13.0 Å². The molecule has 3 N–H and O–H groups in total. The van der Waals surface area contributed by atoms with Gasteiger partial charge in [0.05, 0.1) is 22.8 Å². The highest BCUT2D eigenvalue weighted by molar-refractivity contribution is 9.10. The van der Waals surface area contributed by atoms with E-state index < -0.39 is 11.7 Å². The fourth-order valence-corrected chi connectivity index (χ4v) is 1.98. The number of ether oxygens (including phenoxy) is 1. The summed E-state index contributed by atoms with van der Waals surface area (Å²) in [6.07, 6.45) is 0. The maximum Gasteiger partial charge on any atom is 0.259 e. The summed E-state index contributed by atoms with van der Waals surface area (Å²) in [7, 11) is 1.43. The number of nitrogens with two attached hydrogens (primary N) is 1. The molecule has 0 saturated heterocycles. The van der Waals surface area contributed by atoms with E-state index in [-0.39, 0.29) is 5.56 Å². The van der Waals surface area contributed by atoms with Crippen LogP contribution in [0.5, 0.6) is 5.75 Å². The summed E-state index contributed by atoms with van der Waals surface area (Å²) in [4.78, 5) is 12.2. The van der Waals surface area contributed by atoms with E-state index in [2.05, 4.69) is 21.2 Å². The van der Waals surface area contributed by atoms with Crippen molar-refractivity contribution in [3.63, 3.8) is 0 Å². The average Bonchev–Trinajstić information content (AvgIpc) is 2.42. The zero-order chi connectivity index (χ0) is 14.7. The molecular formula is C14H12BrFN2O2. The van der Waals surface area contributed by atoms with Crippen molar-refractivity contribution in [2.75, 3.05) is 18.2 Å². The molecule has 0 fully saturated rings. The lowest BCUT2D eigenvalue weighted by Crippen LogP contribution is -2.14. The molecule has 0 aliphatic carbocycles. The maximum absolute atomic E-state index is 13.4. The second kappa shape index (κ2) is 5.92. The summed E-state index contributed by atoms with van der Waals surface area (Å²) in [5.74, 6) is -0.583. The third-order valence-corrected chi connectivity index (χ3v) is 3.31. The number of amides is 1. The molecular weight excluding hydrogens is 327 g/mol. The summed E-state index contributed by atoms with van der Waals surface area (Å²) in [6, 6.07) is 9.19. The van der Waals surface area contributed by atoms with Gasteiger partial charge in [-0.1, -0.05) is 6.07 Å². The van der Waals surface area contributed by atoms with E-state index in [1.807, 2.05) is 0 Å². The van der Waals surface area contributed by atoms with E-state index in [1.165, 1.54) is 19.2 Å². The van der Waals surface area contributed by atoms with Crippen molar-refractivity contribution in [1.29, 1.82) is 0 Å². The fourth-order valence-electron chi connectivity index (χ4n) is 1.73. The van der Waals surface area contributed by atoms with Crippen molar-refractivity contribution in [3.05, 3.63) is 52.3 Å². The fraction of sp³-hybridized carbons (Fsp3) is 0.0714. The van der Waals surface area contributed by atoms with Gasteiger partial charge >= 0.3 is 0 Å². The molecule has 2 aromatic rings. The summed E-state index contributed by atoms with van der Waals surface area (Å²) in [6.45, 7) is 0. The van der Waals surface area contributed by atoms with Gasteiger partial charge in [-0.15, -0.1) is 0 Å². The Morgan fingerprint density at radius 2 is 2.10 bits per heavy atom. The Morgan fingerprint density at radius 3 is 2.75 bits per heavy atom. The third-order valence-electron chi connectivity index (χ3n) is 2.67. The number of benzene rings is 2. The van der Waals surface area contributed by atoms with E-state index in [9.17, 15) is 9.18 Å². The molecule has 2 aromatic carbocycles. The van der Waals surface area contributed by atoms with Gasteiger partial charge < -0.3 is 15.8 Å². The summed E-state index contributed by atoms with van der Waals surface area (Å²) in [5, 5.41) is 2.59. The Balaban J connectivity index is 2.28. The van der Waals surface area contributed by atoms with Gasteiger partial charge in [0, 0.05) is 5.69 Å². The molecule has 0 aliphatic heterocycles. The van der Waals surface area contributed by atoms with Gasteiger partial charge in [0.1, 0.15) is 5.82 Å². The molecule has 0 aromatic heterocycles. The van der Waals surface area contributed by atoms with Crippen LogP contribution in [0.2, 0.25) is 0 Å². The van der Waals surface area contributed by atoms with Crippen LogP contribution in [0.25, 0.3) is 0 Å². The number of hydrogen-bond donors (Lipinski definition) is 2. The Morgan fingerprint density at radius 1 is 1.35 bits per heavy atom. The number of hydrogen-bond acceptors (Lipinski definition) is 3. The van der Waals surface area contributed by atoms with Crippen LogP contribution >= 0.6 is 15.9 Å². The minimum atomic E-state index is -0.456. The molecule has 0 atom stereocenters. The quantitative estimate of drug-likeness (QED) is 0.842. The highest BCUT2D eigenvalue weighted by Crippen LogP contribution is 2.27. The van der Waals surface area contributed by atoms with Gasteiger partial charge in [-0.2, -0.15) is 0 Å². The van der Waals surface area contributed by atoms with E-state index >= 15 is 0 Å². The maximum atomic E-state index is 13.4. The molecule has 6 heteroatoms. The first-order chi connectivity index (χ1) is 9.52. The van der Waals surface area contributed by atoms with Gasteiger partial charge in [0.15, 0.2) is 5.75 Å². The van der Waals surface area contributed by atoms with Crippen molar-refractivity contribution in [2.24, 2.45) is 0 Å². The van der Waals surface area contributed by atoms with Crippen molar-refractivity contribution in [3.8, 4) is 5.75 Å². The number of para-hydroxylation sites is 1. The van der Waals surface area contributed by atoms with Crippen LogP contribution in [0.4, 0.5) is 15.8 Å². The summed E-state index contributed by atoms with van der Waals surface area (Å²) in [5.41, 5.74) is 6.73. The molecule has 20 heavy (non-hydrogen) atoms. The second-order valence-corrected chi connectivity index (χ2v) is 4.87. The first kappa shape index (κ1) is 14.3. The number of halogens is 2. The van der Waals surface area contributed by atoms with Crippen molar-refractivity contribution >= 4 is 33.2 Å². The first-order valence-electron chi connectivity index (χ1n) is 5.72. The normalized spacial score (nSPS) is 10.2. The molecule has 104 valence electrons.